The molecular formula is C13H27N3O. The number of carbonyl (C=O) groups excluding carboxylic acids is 1. The number of rotatable bonds is 7. The number of hydrogen-bond acceptors (Lipinski definition) is 3. The quantitative estimate of drug-likeness (QED) is 0.702. The minimum absolute atomic E-state index is 0.149. The van der Waals surface area contributed by atoms with Crippen LogP contribution in [0, 0.1) is 0 Å². The van der Waals surface area contributed by atoms with Gasteiger partial charge in [-0.2, -0.15) is 0 Å². The van der Waals surface area contributed by atoms with Crippen LogP contribution in [0.1, 0.15) is 46.0 Å². The van der Waals surface area contributed by atoms with Gasteiger partial charge in [0, 0.05) is 31.6 Å². The summed E-state index contributed by atoms with van der Waals surface area (Å²) in [6.45, 7) is 7.36. The van der Waals surface area contributed by atoms with Crippen molar-refractivity contribution in [1.82, 2.24) is 10.2 Å². The molecule has 1 aliphatic rings. The highest BCUT2D eigenvalue weighted by Crippen LogP contribution is 2.34. The zero-order chi connectivity index (χ0) is 12.7. The number of hydrogen-bond donors (Lipinski definition) is 2. The molecule has 100 valence electrons. The van der Waals surface area contributed by atoms with Crippen LogP contribution in [0.4, 0.5) is 0 Å². The SMILES string of the molecule is CCNC(=O)CCN(CC)C1(CN)CCCC1. The van der Waals surface area contributed by atoms with Crippen LogP contribution < -0.4 is 11.1 Å². The van der Waals surface area contributed by atoms with Crippen molar-refractivity contribution in [3.8, 4) is 0 Å². The highest BCUT2D eigenvalue weighted by atomic mass is 16.1. The van der Waals surface area contributed by atoms with E-state index in [0.29, 0.717) is 13.0 Å². The molecule has 0 unspecified atom stereocenters. The maximum Gasteiger partial charge on any atom is 0.221 e. The molecule has 1 aliphatic carbocycles. The number of amides is 1. The third-order valence-electron chi connectivity index (χ3n) is 3.95. The van der Waals surface area contributed by atoms with Crippen molar-refractivity contribution in [2.75, 3.05) is 26.2 Å². The molecule has 0 radical (unpaired) electrons. The zero-order valence-electron chi connectivity index (χ0n) is 11.3. The van der Waals surface area contributed by atoms with Gasteiger partial charge in [0.25, 0.3) is 0 Å². The molecule has 0 atom stereocenters. The van der Waals surface area contributed by atoms with Gasteiger partial charge in [-0.15, -0.1) is 0 Å². The maximum absolute atomic E-state index is 11.5. The lowest BCUT2D eigenvalue weighted by molar-refractivity contribution is -0.121. The molecule has 0 aromatic heterocycles. The van der Waals surface area contributed by atoms with Crippen molar-refractivity contribution < 1.29 is 4.79 Å². The molecule has 0 spiro atoms. The van der Waals surface area contributed by atoms with Crippen LogP contribution in [0.15, 0.2) is 0 Å². The van der Waals surface area contributed by atoms with Crippen LogP contribution in [0.25, 0.3) is 0 Å². The Bertz CT molecular complexity index is 237. The summed E-state index contributed by atoms with van der Waals surface area (Å²) in [5, 5.41) is 2.85. The van der Waals surface area contributed by atoms with Crippen LogP contribution in [0.2, 0.25) is 0 Å². The first kappa shape index (κ1) is 14.5. The standard InChI is InChI=1S/C13H27N3O/c1-3-15-12(17)7-10-16(4-2)13(11-14)8-5-6-9-13/h3-11,14H2,1-2H3,(H,15,17). The van der Waals surface area contributed by atoms with Crippen LogP contribution in [-0.4, -0.2) is 42.5 Å². The van der Waals surface area contributed by atoms with Gasteiger partial charge in [0.15, 0.2) is 0 Å². The summed E-state index contributed by atoms with van der Waals surface area (Å²) in [4.78, 5) is 13.9. The molecule has 1 amide bonds. The Kier molecular flexibility index (Phi) is 5.92. The van der Waals surface area contributed by atoms with Crippen molar-refractivity contribution in [2.45, 2.75) is 51.5 Å². The topological polar surface area (TPSA) is 58.4 Å². The van der Waals surface area contributed by atoms with E-state index >= 15 is 0 Å². The third-order valence-corrected chi connectivity index (χ3v) is 3.95. The van der Waals surface area contributed by atoms with Crippen molar-refractivity contribution in [3.05, 3.63) is 0 Å². The van der Waals surface area contributed by atoms with Crippen molar-refractivity contribution in [3.63, 3.8) is 0 Å². The molecule has 1 fully saturated rings. The highest BCUT2D eigenvalue weighted by Gasteiger charge is 2.37. The minimum atomic E-state index is 0.149. The van der Waals surface area contributed by atoms with Crippen LogP contribution >= 0.6 is 0 Å². The number of carbonyl (C=O) groups is 1. The monoisotopic (exact) mass is 241 g/mol. The van der Waals surface area contributed by atoms with E-state index in [1.54, 1.807) is 0 Å². The van der Waals surface area contributed by atoms with Gasteiger partial charge >= 0.3 is 0 Å². The van der Waals surface area contributed by atoms with Gasteiger partial charge in [-0.25, -0.2) is 0 Å². The second-order valence-corrected chi connectivity index (χ2v) is 4.92. The van der Waals surface area contributed by atoms with Crippen molar-refractivity contribution in [2.24, 2.45) is 5.73 Å². The first-order valence-corrected chi connectivity index (χ1v) is 6.90. The lowest BCUT2D eigenvalue weighted by Crippen LogP contribution is -2.52. The summed E-state index contributed by atoms with van der Waals surface area (Å²) >= 11 is 0. The Balaban J connectivity index is 2.49. The normalized spacial score (nSPS) is 18.6. The first-order valence-electron chi connectivity index (χ1n) is 6.90. The molecule has 4 nitrogen and oxygen atoms in total. The molecule has 3 N–H and O–H groups in total. The van der Waals surface area contributed by atoms with Gasteiger partial charge in [-0.3, -0.25) is 9.69 Å². The number of nitrogens with zero attached hydrogens (tertiary/aromatic N) is 1. The molecule has 1 rings (SSSR count). The molecular weight excluding hydrogens is 214 g/mol. The zero-order valence-corrected chi connectivity index (χ0v) is 11.3. The molecule has 0 bridgehead atoms. The van der Waals surface area contributed by atoms with E-state index in [2.05, 4.69) is 17.1 Å². The van der Waals surface area contributed by atoms with Gasteiger partial charge in [0.1, 0.15) is 0 Å². The van der Waals surface area contributed by atoms with Crippen LogP contribution in [0.3, 0.4) is 0 Å². The fourth-order valence-corrected chi connectivity index (χ4v) is 2.94. The average Bonchev–Trinajstić information content (AvgIpc) is 2.80. The van der Waals surface area contributed by atoms with E-state index in [1.807, 2.05) is 6.92 Å². The van der Waals surface area contributed by atoms with Crippen LogP contribution in [-0.2, 0) is 4.79 Å². The van der Waals surface area contributed by atoms with Crippen molar-refractivity contribution in [1.29, 1.82) is 0 Å². The Morgan fingerprint density at radius 3 is 2.47 bits per heavy atom. The molecule has 0 aliphatic heterocycles. The van der Waals surface area contributed by atoms with E-state index in [0.717, 1.165) is 19.6 Å². The van der Waals surface area contributed by atoms with Crippen molar-refractivity contribution >= 4 is 5.91 Å². The van der Waals surface area contributed by atoms with E-state index < -0.39 is 0 Å². The Hall–Kier alpha value is -0.610. The fourth-order valence-electron chi connectivity index (χ4n) is 2.94. The summed E-state index contributed by atoms with van der Waals surface area (Å²) in [6, 6.07) is 0. The number of nitrogens with two attached hydrogens (primary N) is 1. The Morgan fingerprint density at radius 2 is 2.00 bits per heavy atom. The van der Waals surface area contributed by atoms with Gasteiger partial charge in [-0.05, 0) is 26.3 Å². The van der Waals surface area contributed by atoms with E-state index in [-0.39, 0.29) is 11.4 Å². The van der Waals surface area contributed by atoms with E-state index in [1.165, 1.54) is 25.7 Å². The summed E-state index contributed by atoms with van der Waals surface area (Å²) in [7, 11) is 0. The average molecular weight is 241 g/mol. The lowest BCUT2D eigenvalue weighted by Gasteiger charge is -2.40. The summed E-state index contributed by atoms with van der Waals surface area (Å²) in [5.74, 6) is 0.149. The number of nitrogens with one attached hydrogen (secondary N) is 1. The molecule has 0 aromatic rings. The fraction of sp³-hybridized carbons (Fsp3) is 0.923. The predicted molar refractivity (Wildman–Crippen MR) is 70.8 cm³/mol. The summed E-state index contributed by atoms with van der Waals surface area (Å²) in [6.07, 6.45) is 5.51. The summed E-state index contributed by atoms with van der Waals surface area (Å²) < 4.78 is 0. The molecule has 0 aromatic carbocycles. The Labute approximate surface area is 105 Å². The lowest BCUT2D eigenvalue weighted by atomic mass is 9.95. The minimum Gasteiger partial charge on any atom is -0.356 e. The Morgan fingerprint density at radius 1 is 1.35 bits per heavy atom. The highest BCUT2D eigenvalue weighted by molar-refractivity contribution is 5.75. The van der Waals surface area contributed by atoms with Gasteiger partial charge < -0.3 is 11.1 Å². The molecule has 0 saturated heterocycles. The molecule has 17 heavy (non-hydrogen) atoms. The van der Waals surface area contributed by atoms with E-state index in [9.17, 15) is 4.79 Å². The largest absolute Gasteiger partial charge is 0.356 e. The second kappa shape index (κ2) is 6.97. The first-order chi connectivity index (χ1) is 8.18. The van der Waals surface area contributed by atoms with Crippen LogP contribution in [0.5, 0.6) is 0 Å². The molecule has 1 saturated carbocycles. The molecule has 4 heteroatoms. The summed E-state index contributed by atoms with van der Waals surface area (Å²) in [5.41, 5.74) is 6.14. The smallest absolute Gasteiger partial charge is 0.221 e. The van der Waals surface area contributed by atoms with Gasteiger partial charge in [0.05, 0.1) is 0 Å². The van der Waals surface area contributed by atoms with E-state index in [4.69, 9.17) is 5.73 Å². The predicted octanol–water partition coefficient (Wildman–Crippen LogP) is 1.11. The second-order valence-electron chi connectivity index (χ2n) is 4.92. The van der Waals surface area contributed by atoms with Gasteiger partial charge in [-0.1, -0.05) is 19.8 Å². The number of likely N-dealkylation sites (N-methyl/N-ethyl adjacent to an activating group) is 1. The third kappa shape index (κ3) is 3.68. The maximum atomic E-state index is 11.5. The molecule has 0 heterocycles. The van der Waals surface area contributed by atoms with Gasteiger partial charge in [0.2, 0.25) is 5.91 Å².